The van der Waals surface area contributed by atoms with Crippen LogP contribution in [0.1, 0.15) is 57.8 Å². The van der Waals surface area contributed by atoms with Crippen molar-refractivity contribution in [2.75, 3.05) is 32.8 Å². The molecule has 1 aliphatic heterocycles. The Bertz CT molecular complexity index is 351. The predicted molar refractivity (Wildman–Crippen MR) is 85.9 cm³/mol. The Labute approximate surface area is 134 Å². The van der Waals surface area contributed by atoms with Crippen LogP contribution in [-0.2, 0) is 9.53 Å². The molecule has 0 atom stereocenters. The van der Waals surface area contributed by atoms with Crippen molar-refractivity contribution in [1.29, 1.82) is 0 Å². The lowest BCUT2D eigenvalue weighted by atomic mass is 9.63. The summed E-state index contributed by atoms with van der Waals surface area (Å²) in [5, 5.41) is 10.2. The summed E-state index contributed by atoms with van der Waals surface area (Å²) in [4.78, 5) is 14.8. The molecule has 22 heavy (non-hydrogen) atoms. The summed E-state index contributed by atoms with van der Waals surface area (Å²) in [6, 6.07) is 0. The normalized spacial score (nSPS) is 25.8. The van der Waals surface area contributed by atoms with Gasteiger partial charge in [-0.2, -0.15) is 0 Å². The lowest BCUT2D eigenvalue weighted by molar-refractivity contribution is -0.159. The van der Waals surface area contributed by atoms with E-state index in [1.54, 1.807) is 0 Å². The number of hydrogen-bond donors (Lipinski definition) is 1. The molecule has 0 aromatic rings. The molecule has 0 bridgehead atoms. The Morgan fingerprint density at radius 3 is 1.95 bits per heavy atom. The molecule has 1 saturated heterocycles. The molecule has 0 amide bonds. The second kappa shape index (κ2) is 7.31. The molecule has 0 aromatic heterocycles. The summed E-state index contributed by atoms with van der Waals surface area (Å²) < 4.78 is 5.42. The molecule has 0 aromatic carbocycles. The summed E-state index contributed by atoms with van der Waals surface area (Å²) >= 11 is 0. The van der Waals surface area contributed by atoms with Crippen LogP contribution in [0.2, 0.25) is 0 Å². The maximum Gasteiger partial charge on any atom is 0.310 e. The van der Waals surface area contributed by atoms with E-state index in [9.17, 15) is 9.90 Å². The van der Waals surface area contributed by atoms with Crippen LogP contribution in [0, 0.1) is 17.3 Å². The first-order valence-electron chi connectivity index (χ1n) is 9.27. The lowest BCUT2D eigenvalue weighted by Crippen LogP contribution is -2.47. The van der Waals surface area contributed by atoms with Gasteiger partial charge in [0.2, 0.25) is 0 Å². The van der Waals surface area contributed by atoms with E-state index < -0.39 is 11.4 Å². The highest BCUT2D eigenvalue weighted by Gasteiger charge is 2.52. The van der Waals surface area contributed by atoms with E-state index in [0.29, 0.717) is 11.8 Å². The summed E-state index contributed by atoms with van der Waals surface area (Å²) in [7, 11) is 0. The van der Waals surface area contributed by atoms with E-state index in [1.165, 1.54) is 25.7 Å². The molecule has 4 nitrogen and oxygen atoms in total. The van der Waals surface area contributed by atoms with Crippen molar-refractivity contribution in [3.63, 3.8) is 0 Å². The molecule has 0 radical (unpaired) electrons. The van der Waals surface area contributed by atoms with Gasteiger partial charge in [0.1, 0.15) is 0 Å². The summed E-state index contributed by atoms with van der Waals surface area (Å²) in [6.07, 6.45) is 10.3. The number of hydrogen-bond acceptors (Lipinski definition) is 3. The van der Waals surface area contributed by atoms with E-state index in [1.807, 2.05) is 0 Å². The fourth-order valence-electron chi connectivity index (χ4n) is 5.25. The van der Waals surface area contributed by atoms with Gasteiger partial charge >= 0.3 is 5.97 Å². The Morgan fingerprint density at radius 1 is 1.00 bits per heavy atom. The van der Waals surface area contributed by atoms with E-state index in [-0.39, 0.29) is 0 Å². The molecule has 2 saturated carbocycles. The molecular formula is C18H31NO3. The number of carboxylic acid groups (broad SMARTS) is 1. The number of carboxylic acids is 1. The van der Waals surface area contributed by atoms with Crippen LogP contribution >= 0.6 is 0 Å². The molecule has 3 rings (SSSR count). The first-order chi connectivity index (χ1) is 10.7. The predicted octanol–water partition coefficient (Wildman–Crippen LogP) is 3.16. The molecule has 126 valence electrons. The summed E-state index contributed by atoms with van der Waals surface area (Å²) in [5.41, 5.74) is -0.453. The quantitative estimate of drug-likeness (QED) is 0.819. The maximum absolute atomic E-state index is 12.4. The molecule has 1 heterocycles. The van der Waals surface area contributed by atoms with Crippen molar-refractivity contribution in [2.45, 2.75) is 57.8 Å². The second-order valence-corrected chi connectivity index (χ2v) is 7.51. The Hall–Kier alpha value is -0.610. The topological polar surface area (TPSA) is 49.8 Å². The molecule has 1 N–H and O–H groups in total. The van der Waals surface area contributed by atoms with E-state index in [0.717, 1.165) is 65.0 Å². The van der Waals surface area contributed by atoms with Crippen molar-refractivity contribution in [3.05, 3.63) is 0 Å². The van der Waals surface area contributed by atoms with E-state index in [4.69, 9.17) is 4.74 Å². The highest BCUT2D eigenvalue weighted by molar-refractivity contribution is 5.75. The highest BCUT2D eigenvalue weighted by Crippen LogP contribution is 2.52. The largest absolute Gasteiger partial charge is 0.481 e. The third kappa shape index (κ3) is 3.18. The van der Waals surface area contributed by atoms with Crippen molar-refractivity contribution in [2.24, 2.45) is 17.3 Å². The third-order valence-electron chi connectivity index (χ3n) is 6.51. The Kier molecular flexibility index (Phi) is 5.40. The maximum atomic E-state index is 12.4. The number of ether oxygens (including phenoxy) is 1. The minimum atomic E-state index is -0.500. The average Bonchev–Trinajstić information content (AvgIpc) is 3.23. The molecule has 4 heteroatoms. The van der Waals surface area contributed by atoms with Gasteiger partial charge in [0.25, 0.3) is 0 Å². The number of morpholine rings is 1. The minimum Gasteiger partial charge on any atom is -0.481 e. The Morgan fingerprint density at radius 2 is 1.50 bits per heavy atom. The van der Waals surface area contributed by atoms with E-state index in [2.05, 4.69) is 4.90 Å². The molecular weight excluding hydrogens is 278 g/mol. The van der Waals surface area contributed by atoms with Gasteiger partial charge in [0.15, 0.2) is 0 Å². The average molecular weight is 309 g/mol. The lowest BCUT2D eigenvalue weighted by Gasteiger charge is -2.42. The van der Waals surface area contributed by atoms with Gasteiger partial charge in [-0.05, 0) is 50.5 Å². The number of aliphatic carboxylic acids is 1. The first-order valence-corrected chi connectivity index (χ1v) is 9.27. The van der Waals surface area contributed by atoms with Crippen molar-refractivity contribution in [3.8, 4) is 0 Å². The monoisotopic (exact) mass is 309 g/mol. The minimum absolute atomic E-state index is 0.411. The van der Waals surface area contributed by atoms with Crippen LogP contribution < -0.4 is 0 Å². The van der Waals surface area contributed by atoms with Crippen LogP contribution in [0.3, 0.4) is 0 Å². The van der Waals surface area contributed by atoms with Crippen molar-refractivity contribution in [1.82, 2.24) is 4.90 Å². The SMILES string of the molecule is O=C(O)C(CCN1CCOCC1)(C1CCCC1)C1CCCC1. The zero-order chi connectivity index (χ0) is 15.4. The van der Waals surface area contributed by atoms with E-state index >= 15 is 0 Å². The summed E-state index contributed by atoms with van der Waals surface area (Å²) in [6.45, 7) is 4.46. The Balaban J connectivity index is 1.75. The van der Waals surface area contributed by atoms with Crippen LogP contribution in [-0.4, -0.2) is 48.8 Å². The highest BCUT2D eigenvalue weighted by atomic mass is 16.5. The van der Waals surface area contributed by atoms with Gasteiger partial charge in [-0.1, -0.05) is 25.7 Å². The number of rotatable bonds is 6. The van der Waals surface area contributed by atoms with Crippen LogP contribution in [0.25, 0.3) is 0 Å². The van der Waals surface area contributed by atoms with Gasteiger partial charge in [0.05, 0.1) is 18.6 Å². The van der Waals surface area contributed by atoms with Crippen molar-refractivity contribution < 1.29 is 14.6 Å². The van der Waals surface area contributed by atoms with Crippen LogP contribution in [0.4, 0.5) is 0 Å². The molecule has 0 spiro atoms. The van der Waals surface area contributed by atoms with Gasteiger partial charge in [-0.15, -0.1) is 0 Å². The van der Waals surface area contributed by atoms with Gasteiger partial charge in [0, 0.05) is 13.1 Å². The molecule has 2 aliphatic carbocycles. The van der Waals surface area contributed by atoms with Crippen LogP contribution in [0.5, 0.6) is 0 Å². The van der Waals surface area contributed by atoms with Gasteiger partial charge in [-0.25, -0.2) is 0 Å². The fraction of sp³-hybridized carbons (Fsp3) is 0.944. The van der Waals surface area contributed by atoms with Crippen LogP contribution in [0.15, 0.2) is 0 Å². The second-order valence-electron chi connectivity index (χ2n) is 7.51. The summed E-state index contributed by atoms with van der Waals surface area (Å²) in [5.74, 6) is 0.322. The standard InChI is InChI=1S/C18H31NO3/c20-17(21)18(15-5-1-2-6-15,16-7-3-4-8-16)9-10-19-11-13-22-14-12-19/h15-16H,1-14H2,(H,20,21). The van der Waals surface area contributed by atoms with Gasteiger partial charge < -0.3 is 9.84 Å². The molecule has 0 unspecified atom stereocenters. The zero-order valence-corrected chi connectivity index (χ0v) is 13.8. The van der Waals surface area contributed by atoms with Crippen molar-refractivity contribution >= 4 is 5.97 Å². The number of carbonyl (C=O) groups is 1. The fourth-order valence-corrected chi connectivity index (χ4v) is 5.25. The third-order valence-corrected chi connectivity index (χ3v) is 6.51. The zero-order valence-electron chi connectivity index (χ0n) is 13.8. The number of nitrogens with zero attached hydrogens (tertiary/aromatic N) is 1. The smallest absolute Gasteiger partial charge is 0.310 e. The first kappa shape index (κ1) is 16.3. The molecule has 3 aliphatic rings. The molecule has 3 fully saturated rings. The van der Waals surface area contributed by atoms with Gasteiger partial charge in [-0.3, -0.25) is 9.69 Å².